The highest BCUT2D eigenvalue weighted by Crippen LogP contribution is 2.03. The van der Waals surface area contributed by atoms with Gasteiger partial charge in [0.1, 0.15) is 0 Å². The molecule has 0 unspecified atom stereocenters. The molecular weight excluding hydrogens is 166 g/mol. The average Bonchev–Trinajstić information content (AvgIpc) is 2.05. The molecule has 82 valence electrons. The van der Waals surface area contributed by atoms with Gasteiger partial charge in [-0.1, -0.05) is 20.8 Å². The average molecular weight is 191 g/mol. The fourth-order valence-electron chi connectivity index (χ4n) is 0.337. The van der Waals surface area contributed by atoms with Crippen LogP contribution in [0.5, 0.6) is 0 Å². The predicted octanol–water partition coefficient (Wildman–Crippen LogP) is 2.18. The minimum Gasteiger partial charge on any atom is -0.396 e. The molecule has 0 aromatic heterocycles. The lowest BCUT2D eigenvalue weighted by Gasteiger charge is -2.18. The smallest absolute Gasteiger partial charge is 0.0433 e. The van der Waals surface area contributed by atoms with Crippen LogP contribution in [0.15, 0.2) is 0 Å². The highest BCUT2D eigenvalue weighted by Gasteiger charge is 2.10. The third kappa shape index (κ3) is 14.7. The molecular formula is C10H25NO2. The summed E-state index contributed by atoms with van der Waals surface area (Å²) in [4.78, 5) is 0. The third-order valence-corrected chi connectivity index (χ3v) is 1.89. The topological polar surface area (TPSA) is 52.5 Å². The summed E-state index contributed by atoms with van der Waals surface area (Å²) in [6, 6.07) is 0. The Labute approximate surface area is 82.1 Å². The van der Waals surface area contributed by atoms with Gasteiger partial charge >= 0.3 is 0 Å². The van der Waals surface area contributed by atoms with Crippen LogP contribution >= 0.6 is 0 Å². The van der Waals surface area contributed by atoms with Crippen molar-refractivity contribution in [2.24, 2.45) is 5.92 Å². The SMILES string of the molecule is CC(C)CCO.CCC(C)(C)NO. The number of rotatable bonds is 4. The Hall–Kier alpha value is -0.120. The first-order valence-electron chi connectivity index (χ1n) is 4.91. The van der Waals surface area contributed by atoms with Crippen molar-refractivity contribution >= 4 is 0 Å². The van der Waals surface area contributed by atoms with E-state index < -0.39 is 0 Å². The number of nitrogens with one attached hydrogen (secondary N) is 1. The number of hydrogen-bond acceptors (Lipinski definition) is 3. The maximum Gasteiger partial charge on any atom is 0.0433 e. The molecule has 0 saturated carbocycles. The molecule has 0 spiro atoms. The Balaban J connectivity index is 0. The van der Waals surface area contributed by atoms with Crippen LogP contribution in [0.3, 0.4) is 0 Å². The van der Waals surface area contributed by atoms with E-state index in [2.05, 4.69) is 19.3 Å². The fourth-order valence-corrected chi connectivity index (χ4v) is 0.337. The summed E-state index contributed by atoms with van der Waals surface area (Å²) in [7, 11) is 0. The Morgan fingerprint density at radius 1 is 1.31 bits per heavy atom. The summed E-state index contributed by atoms with van der Waals surface area (Å²) in [6.07, 6.45) is 1.86. The monoisotopic (exact) mass is 191 g/mol. The summed E-state index contributed by atoms with van der Waals surface area (Å²) in [5, 5.41) is 16.6. The highest BCUT2D eigenvalue weighted by molar-refractivity contribution is 4.68. The van der Waals surface area contributed by atoms with Crippen molar-refractivity contribution in [2.45, 2.75) is 53.0 Å². The largest absolute Gasteiger partial charge is 0.396 e. The summed E-state index contributed by atoms with van der Waals surface area (Å²) in [5.41, 5.74) is 2.08. The van der Waals surface area contributed by atoms with Gasteiger partial charge in [0.2, 0.25) is 0 Å². The molecule has 0 rings (SSSR count). The zero-order chi connectivity index (χ0) is 10.9. The number of aliphatic hydroxyl groups excluding tert-OH is 1. The first-order chi connectivity index (χ1) is 5.89. The normalized spacial score (nSPS) is 11.1. The van der Waals surface area contributed by atoms with Gasteiger partial charge in [-0.15, -0.1) is 0 Å². The molecule has 0 aliphatic carbocycles. The first kappa shape index (κ1) is 15.4. The highest BCUT2D eigenvalue weighted by atomic mass is 16.5. The zero-order valence-electron chi connectivity index (χ0n) is 9.59. The third-order valence-electron chi connectivity index (χ3n) is 1.89. The van der Waals surface area contributed by atoms with E-state index >= 15 is 0 Å². The lowest BCUT2D eigenvalue weighted by atomic mass is 10.0. The fraction of sp³-hybridized carbons (Fsp3) is 1.00. The van der Waals surface area contributed by atoms with E-state index in [9.17, 15) is 0 Å². The predicted molar refractivity (Wildman–Crippen MR) is 55.8 cm³/mol. The lowest BCUT2D eigenvalue weighted by Crippen LogP contribution is -2.35. The minimum atomic E-state index is -0.111. The van der Waals surface area contributed by atoms with Crippen LogP contribution in [-0.4, -0.2) is 22.5 Å². The molecule has 0 bridgehead atoms. The van der Waals surface area contributed by atoms with Crippen LogP contribution in [0.4, 0.5) is 0 Å². The van der Waals surface area contributed by atoms with E-state index in [1.165, 1.54) is 0 Å². The van der Waals surface area contributed by atoms with Gasteiger partial charge in [-0.25, -0.2) is 5.48 Å². The van der Waals surface area contributed by atoms with Crippen LogP contribution < -0.4 is 5.48 Å². The van der Waals surface area contributed by atoms with Crippen LogP contribution in [0, 0.1) is 5.92 Å². The Kier molecular flexibility index (Phi) is 10.0. The van der Waals surface area contributed by atoms with Crippen molar-refractivity contribution in [3.8, 4) is 0 Å². The summed E-state index contributed by atoms with van der Waals surface area (Å²) < 4.78 is 0. The Morgan fingerprint density at radius 2 is 1.77 bits per heavy atom. The molecule has 0 amide bonds. The number of aliphatic hydroxyl groups is 1. The van der Waals surface area contributed by atoms with Crippen molar-refractivity contribution in [2.75, 3.05) is 6.61 Å². The minimum absolute atomic E-state index is 0.111. The van der Waals surface area contributed by atoms with E-state index in [1.807, 2.05) is 20.8 Å². The maximum absolute atomic E-state index is 8.34. The van der Waals surface area contributed by atoms with Gasteiger partial charge in [0.15, 0.2) is 0 Å². The van der Waals surface area contributed by atoms with Crippen LogP contribution in [0.2, 0.25) is 0 Å². The van der Waals surface area contributed by atoms with E-state index in [0.717, 1.165) is 12.8 Å². The van der Waals surface area contributed by atoms with Crippen LogP contribution in [-0.2, 0) is 0 Å². The Morgan fingerprint density at radius 3 is 1.77 bits per heavy atom. The summed E-state index contributed by atoms with van der Waals surface area (Å²) in [5.74, 6) is 0.648. The molecule has 0 saturated heterocycles. The Bertz CT molecular complexity index is 97.1. The summed E-state index contributed by atoms with van der Waals surface area (Å²) in [6.45, 7) is 10.4. The van der Waals surface area contributed by atoms with Gasteiger partial charge in [-0.3, -0.25) is 0 Å². The van der Waals surface area contributed by atoms with Gasteiger partial charge in [-0.2, -0.15) is 0 Å². The van der Waals surface area contributed by atoms with Crippen molar-refractivity contribution < 1.29 is 10.3 Å². The van der Waals surface area contributed by atoms with Crippen molar-refractivity contribution in [1.82, 2.24) is 5.48 Å². The molecule has 0 aliphatic heterocycles. The van der Waals surface area contributed by atoms with Gasteiger partial charge in [0, 0.05) is 12.1 Å². The summed E-state index contributed by atoms with van der Waals surface area (Å²) >= 11 is 0. The van der Waals surface area contributed by atoms with Crippen LogP contribution in [0.25, 0.3) is 0 Å². The second-order valence-corrected chi connectivity index (χ2v) is 4.26. The molecule has 0 heterocycles. The molecule has 13 heavy (non-hydrogen) atoms. The van der Waals surface area contributed by atoms with Gasteiger partial charge in [0.05, 0.1) is 0 Å². The molecule has 3 nitrogen and oxygen atoms in total. The molecule has 0 radical (unpaired) electrons. The standard InChI is InChI=1S/C5H13NO.C5H12O/c1-4-5(2,3)6-7;1-5(2)3-4-6/h6-7H,4H2,1-3H3;5-6H,3-4H2,1-2H3. The van der Waals surface area contributed by atoms with Crippen molar-refractivity contribution in [1.29, 1.82) is 0 Å². The van der Waals surface area contributed by atoms with E-state index in [1.54, 1.807) is 0 Å². The molecule has 0 aromatic carbocycles. The van der Waals surface area contributed by atoms with Crippen molar-refractivity contribution in [3.63, 3.8) is 0 Å². The maximum atomic E-state index is 8.34. The number of hydroxylamine groups is 1. The van der Waals surface area contributed by atoms with Gasteiger partial charge in [-0.05, 0) is 32.6 Å². The van der Waals surface area contributed by atoms with E-state index in [-0.39, 0.29) is 5.54 Å². The zero-order valence-corrected chi connectivity index (χ0v) is 9.59. The first-order valence-corrected chi connectivity index (χ1v) is 4.91. The van der Waals surface area contributed by atoms with Gasteiger partial charge in [0.25, 0.3) is 0 Å². The van der Waals surface area contributed by atoms with Crippen LogP contribution in [0.1, 0.15) is 47.5 Å². The molecule has 3 N–H and O–H groups in total. The lowest BCUT2D eigenvalue weighted by molar-refractivity contribution is 0.0794. The number of hydrogen-bond donors (Lipinski definition) is 3. The quantitative estimate of drug-likeness (QED) is 0.597. The molecule has 0 aromatic rings. The molecule has 0 fully saturated rings. The molecule has 3 heteroatoms. The molecule has 0 atom stereocenters. The molecule has 0 aliphatic rings. The van der Waals surface area contributed by atoms with Crippen molar-refractivity contribution in [3.05, 3.63) is 0 Å². The van der Waals surface area contributed by atoms with E-state index in [0.29, 0.717) is 12.5 Å². The second-order valence-electron chi connectivity index (χ2n) is 4.26. The second kappa shape index (κ2) is 8.48. The van der Waals surface area contributed by atoms with E-state index in [4.69, 9.17) is 10.3 Å². The van der Waals surface area contributed by atoms with Gasteiger partial charge < -0.3 is 10.3 Å².